The largest absolute Gasteiger partial charge is 0.256 e. The van der Waals surface area contributed by atoms with Gasteiger partial charge in [-0.2, -0.15) is 0 Å². The summed E-state index contributed by atoms with van der Waals surface area (Å²) in [7, 11) is 0. The zero-order valence-corrected chi connectivity index (χ0v) is 77.2. The third kappa shape index (κ3) is 20.3. The molecule has 0 fully saturated rings. The highest BCUT2D eigenvalue weighted by atomic mass is 15.0. The van der Waals surface area contributed by atoms with E-state index in [0.717, 1.165) is 179 Å². The monoisotopic (exact) mass is 1820 g/mol. The Bertz CT molecular complexity index is 7730. The summed E-state index contributed by atoms with van der Waals surface area (Å²) in [6, 6.07) is 174. The Morgan fingerprint density at radius 2 is 0.324 bits per heavy atom. The van der Waals surface area contributed by atoms with Crippen LogP contribution in [0.3, 0.4) is 0 Å². The number of aromatic nitrogens is 12. The van der Waals surface area contributed by atoms with Gasteiger partial charge in [0.05, 0.1) is 39.9 Å². The summed E-state index contributed by atoms with van der Waals surface area (Å²) in [5, 5.41) is 2.38. The topological polar surface area (TPSA) is 155 Å². The van der Waals surface area contributed by atoms with Gasteiger partial charge in [-0.05, 0) is 198 Å². The van der Waals surface area contributed by atoms with Gasteiger partial charge >= 0.3 is 0 Å². The lowest BCUT2D eigenvalue weighted by Gasteiger charge is -2.14. The Morgan fingerprint density at radius 1 is 0.106 bits per heavy atom. The zero-order valence-electron chi connectivity index (χ0n) is 77.2. The number of nitrogens with zero attached hydrogens (tertiary/aromatic N) is 12. The molecule has 0 N–H and O–H groups in total. The highest BCUT2D eigenvalue weighted by Crippen LogP contribution is 2.42. The van der Waals surface area contributed by atoms with Crippen LogP contribution in [0, 0.1) is 0 Å². The van der Waals surface area contributed by atoms with Crippen molar-refractivity contribution in [3.05, 3.63) is 534 Å². The highest BCUT2D eigenvalue weighted by molar-refractivity contribution is 5.99. The first kappa shape index (κ1) is 88.0. The third-order valence-electron chi connectivity index (χ3n) is 25.0. The van der Waals surface area contributed by atoms with E-state index in [9.17, 15) is 0 Å². The van der Waals surface area contributed by atoms with Crippen molar-refractivity contribution < 1.29 is 0 Å². The van der Waals surface area contributed by atoms with Gasteiger partial charge in [-0.25, -0.2) is 44.9 Å². The van der Waals surface area contributed by atoms with E-state index in [-0.39, 0.29) is 0 Å². The number of rotatable bonds is 20. The highest BCUT2D eigenvalue weighted by Gasteiger charge is 2.22. The Labute approximate surface area is 824 Å². The maximum atomic E-state index is 5.16. The molecule has 0 atom stereocenters. The molecule has 0 unspecified atom stereocenters. The van der Waals surface area contributed by atoms with Crippen molar-refractivity contribution in [3.63, 3.8) is 0 Å². The number of hydrogen-bond donors (Lipinski definition) is 0. The van der Waals surface area contributed by atoms with E-state index < -0.39 is 0 Å². The van der Waals surface area contributed by atoms with E-state index in [0.29, 0.717) is 34.9 Å². The molecule has 17 aromatic carbocycles. The van der Waals surface area contributed by atoms with Crippen LogP contribution in [0.15, 0.2) is 534 Å². The van der Waals surface area contributed by atoms with E-state index in [4.69, 9.17) is 34.9 Å². The summed E-state index contributed by atoms with van der Waals surface area (Å²) in [6.07, 6.45) is 9.00. The molecule has 7 heterocycles. The van der Waals surface area contributed by atoms with Gasteiger partial charge < -0.3 is 0 Å². The van der Waals surface area contributed by atoms with Gasteiger partial charge in [0.2, 0.25) is 0 Å². The second-order valence-corrected chi connectivity index (χ2v) is 34.3. The second kappa shape index (κ2) is 41.5. The molecular weight excluding hydrogens is 1730 g/mol. The normalized spacial score (nSPS) is 11.0. The summed E-state index contributed by atoms with van der Waals surface area (Å²) in [4.78, 5) is 58.1. The minimum Gasteiger partial charge on any atom is -0.256 e. The fourth-order valence-electron chi connectivity index (χ4n) is 17.7. The summed E-state index contributed by atoms with van der Waals surface area (Å²) in [5.74, 6) is 3.94. The lowest BCUT2D eigenvalue weighted by Crippen LogP contribution is -2.00. The van der Waals surface area contributed by atoms with Crippen LogP contribution in [0.5, 0.6) is 0 Å². The Kier molecular flexibility index (Phi) is 25.7. The fraction of sp³-hybridized carbons (Fsp3) is 0. The smallest absolute Gasteiger partial charge is 0.164 e. The van der Waals surface area contributed by atoms with Crippen molar-refractivity contribution in [1.82, 2.24) is 59.8 Å². The molecule has 142 heavy (non-hydrogen) atoms. The van der Waals surface area contributed by atoms with E-state index in [1.54, 1.807) is 12.4 Å². The van der Waals surface area contributed by atoms with Gasteiger partial charge in [0.15, 0.2) is 34.9 Å². The van der Waals surface area contributed by atoms with Crippen molar-refractivity contribution in [2.75, 3.05) is 0 Å². The minimum atomic E-state index is 0.616. The molecule has 0 radical (unpaired) electrons. The number of hydrogen-bond acceptors (Lipinski definition) is 12. The van der Waals surface area contributed by atoms with Crippen LogP contribution in [-0.4, -0.2) is 59.8 Å². The van der Waals surface area contributed by atoms with E-state index in [1.165, 1.54) is 21.9 Å². The minimum absolute atomic E-state index is 0.616. The van der Waals surface area contributed by atoms with Crippen molar-refractivity contribution in [2.24, 2.45) is 0 Å². The molecule has 7 aromatic heterocycles. The third-order valence-corrected chi connectivity index (χ3v) is 25.0. The zero-order chi connectivity index (χ0) is 95.0. The van der Waals surface area contributed by atoms with Crippen LogP contribution < -0.4 is 0 Å². The molecule has 24 rings (SSSR count). The molecule has 0 saturated carbocycles. The lowest BCUT2D eigenvalue weighted by atomic mass is 9.92. The first-order valence-corrected chi connectivity index (χ1v) is 47.2. The van der Waals surface area contributed by atoms with Crippen molar-refractivity contribution in [3.8, 4) is 225 Å². The summed E-state index contributed by atoms with van der Waals surface area (Å²) in [5.41, 5.74) is 35.0. The molecular formula is C130H88N12. The Morgan fingerprint density at radius 3 is 0.655 bits per heavy atom. The van der Waals surface area contributed by atoms with Gasteiger partial charge in [-0.3, -0.25) is 15.0 Å². The van der Waals surface area contributed by atoms with E-state index in [2.05, 4.69) is 328 Å². The molecule has 0 aliphatic rings. The first-order valence-electron chi connectivity index (χ1n) is 47.2. The van der Waals surface area contributed by atoms with Crippen LogP contribution in [0.2, 0.25) is 0 Å². The van der Waals surface area contributed by atoms with E-state index >= 15 is 0 Å². The first-order chi connectivity index (χ1) is 70.3. The molecule has 12 heteroatoms. The van der Waals surface area contributed by atoms with Gasteiger partial charge in [-0.1, -0.05) is 394 Å². The van der Waals surface area contributed by atoms with Crippen LogP contribution in [-0.2, 0) is 0 Å². The molecule has 0 amide bonds. The maximum absolute atomic E-state index is 5.16. The van der Waals surface area contributed by atoms with Crippen LogP contribution in [0.1, 0.15) is 0 Å². The summed E-state index contributed by atoms with van der Waals surface area (Å²) in [6.45, 7) is 0. The van der Waals surface area contributed by atoms with Crippen LogP contribution in [0.25, 0.3) is 236 Å². The predicted octanol–water partition coefficient (Wildman–Crippen LogP) is 32.3. The lowest BCUT2D eigenvalue weighted by molar-refractivity contribution is 1.07. The summed E-state index contributed by atoms with van der Waals surface area (Å²) < 4.78 is 0. The average molecular weight is 1820 g/mol. The average Bonchev–Trinajstić information content (AvgIpc) is 0.778. The number of fused-ring (bicyclic) bond motifs is 1. The SMILES string of the molecule is c1ccc(-c2cc(-c3ccccc3)nc(-c3cc(-c4ccc(-c5ccccn5)cc4)cc(-c4ccc(-c5ccccn5)cc4)c3)n2)cc1.c1ccc(-c2ccc(-c3cc(-c4ccc(-c5ccccn5)cc4)cc(-c4nc(-c5ccccc5)cc(-c5ccccc5)n4)c3)cc2)cc1.c1ccc(-c2nc(-c3ccccc3)nc(-c3cc(-c4ccc(-c5ncccn5)cc4)cc(-c4cccc5ccccc45)c3)n2)cc1. The number of benzene rings is 17. The molecule has 24 aromatic rings. The Balaban J connectivity index is 0.000000122. The number of pyridine rings is 3. The van der Waals surface area contributed by atoms with Crippen LogP contribution in [0.4, 0.5) is 0 Å². The maximum Gasteiger partial charge on any atom is 0.164 e. The molecule has 0 bridgehead atoms. The summed E-state index contributed by atoms with van der Waals surface area (Å²) >= 11 is 0. The molecule has 668 valence electrons. The van der Waals surface area contributed by atoms with Gasteiger partial charge in [0.25, 0.3) is 0 Å². The van der Waals surface area contributed by atoms with Crippen molar-refractivity contribution in [1.29, 1.82) is 0 Å². The standard InChI is InChI=1S/C45H31N3.C44H30N4.C41H27N5/c1-4-12-32(13-5-1)33-19-21-34(22-20-33)39-28-40(35-23-25-38(26-24-35)42-18-10-11-27-46-42)30-41(29-39)45-47-43(36-14-6-2-7-15-36)31-44(48-45)37-16-8-3-9-17-37;1-3-11-33(12-4-1)42-30-43(34-13-5-2-6-14-34)48-44(47-42)39-28-37(31-17-21-35(22-18-31)40-15-7-9-25-45-40)27-38(29-39)32-19-23-36(24-20-32)41-16-8-10-26-46-41;1-3-12-30(13-4-1)39-44-40(31-14-5-2-6-15-31)46-41(45-39)35-26-33(28-19-21-32(22-20-28)38-42-23-10-24-43-38)25-34(27-35)37-18-9-16-29-11-7-8-17-36(29)37/h1-31H;1-30H;1-27H. The fourth-order valence-corrected chi connectivity index (χ4v) is 17.7. The quantitative estimate of drug-likeness (QED) is 0.0713. The van der Waals surface area contributed by atoms with Crippen LogP contribution >= 0.6 is 0 Å². The molecule has 0 aliphatic carbocycles. The van der Waals surface area contributed by atoms with Crippen molar-refractivity contribution >= 4 is 10.8 Å². The molecule has 0 aliphatic heterocycles. The van der Waals surface area contributed by atoms with Crippen molar-refractivity contribution in [2.45, 2.75) is 0 Å². The predicted molar refractivity (Wildman–Crippen MR) is 579 cm³/mol. The molecule has 0 saturated heterocycles. The van der Waals surface area contributed by atoms with Gasteiger partial charge in [0.1, 0.15) is 0 Å². The van der Waals surface area contributed by atoms with E-state index in [1.807, 2.05) is 219 Å². The Hall–Kier alpha value is -19.3. The second-order valence-electron chi connectivity index (χ2n) is 34.3. The van der Waals surface area contributed by atoms with Gasteiger partial charge in [0, 0.05) is 103 Å². The molecule has 0 spiro atoms. The van der Waals surface area contributed by atoms with Gasteiger partial charge in [-0.15, -0.1) is 0 Å². The molecule has 12 nitrogen and oxygen atoms in total.